The highest BCUT2D eigenvalue weighted by Crippen LogP contribution is 2.13. The van der Waals surface area contributed by atoms with Crippen LogP contribution in [0.25, 0.3) is 0 Å². The van der Waals surface area contributed by atoms with Gasteiger partial charge in [0.05, 0.1) is 6.67 Å². The highest BCUT2D eigenvalue weighted by Gasteiger charge is 2.00. The normalized spacial score (nSPS) is 11.1. The minimum atomic E-state index is -1.34. The Morgan fingerprint density at radius 3 is 1.57 bits per heavy atom. The molecule has 0 atom stereocenters. The Kier molecular flexibility index (Phi) is 12.4. The van der Waals surface area contributed by atoms with Crippen LogP contribution < -0.4 is 0 Å². The third-order valence-corrected chi connectivity index (χ3v) is 4.46. The van der Waals surface area contributed by atoms with Gasteiger partial charge in [0.2, 0.25) is 7.42 Å². The molecular formula is C10H21Cl2FSi. The van der Waals surface area contributed by atoms with Crippen LogP contribution >= 0.6 is 22.2 Å². The zero-order chi connectivity index (χ0) is 10.6. The van der Waals surface area contributed by atoms with Crippen molar-refractivity contribution in [1.82, 2.24) is 0 Å². The molecule has 0 heterocycles. The fourth-order valence-corrected chi connectivity index (χ4v) is 2.98. The van der Waals surface area contributed by atoms with Crippen LogP contribution in [0.5, 0.6) is 0 Å². The maximum atomic E-state index is 11.7. The van der Waals surface area contributed by atoms with E-state index in [4.69, 9.17) is 22.2 Å². The van der Waals surface area contributed by atoms with E-state index >= 15 is 0 Å². The van der Waals surface area contributed by atoms with Crippen LogP contribution in [0, 0.1) is 0 Å². The van der Waals surface area contributed by atoms with Gasteiger partial charge in [-0.25, -0.2) is 0 Å². The van der Waals surface area contributed by atoms with Crippen LogP contribution in [0.2, 0.25) is 6.04 Å². The molecule has 0 bridgehead atoms. The topological polar surface area (TPSA) is 0 Å². The summed E-state index contributed by atoms with van der Waals surface area (Å²) in [5, 5.41) is 0. The van der Waals surface area contributed by atoms with Gasteiger partial charge in [-0.1, -0.05) is 44.9 Å². The van der Waals surface area contributed by atoms with E-state index in [1.807, 2.05) is 0 Å². The van der Waals surface area contributed by atoms with E-state index in [0.717, 1.165) is 18.9 Å². The van der Waals surface area contributed by atoms with Crippen LogP contribution in [0.15, 0.2) is 0 Å². The lowest BCUT2D eigenvalue weighted by Gasteiger charge is -2.01. The predicted molar refractivity (Wildman–Crippen MR) is 66.6 cm³/mol. The monoisotopic (exact) mass is 258 g/mol. The van der Waals surface area contributed by atoms with Crippen molar-refractivity contribution in [3.05, 3.63) is 0 Å². The van der Waals surface area contributed by atoms with E-state index in [0.29, 0.717) is 0 Å². The number of hydrogen-bond acceptors (Lipinski definition) is 0. The Bertz CT molecular complexity index is 112. The molecule has 0 N–H and O–H groups in total. The van der Waals surface area contributed by atoms with E-state index in [1.165, 1.54) is 38.5 Å². The van der Waals surface area contributed by atoms with Gasteiger partial charge in [0.25, 0.3) is 0 Å². The average molecular weight is 259 g/mol. The molecule has 0 aromatic rings. The van der Waals surface area contributed by atoms with Gasteiger partial charge < -0.3 is 0 Å². The van der Waals surface area contributed by atoms with Crippen molar-refractivity contribution in [2.45, 2.75) is 57.4 Å². The van der Waals surface area contributed by atoms with Crippen molar-refractivity contribution in [1.29, 1.82) is 0 Å². The van der Waals surface area contributed by atoms with Gasteiger partial charge in [-0.3, -0.25) is 4.39 Å². The zero-order valence-corrected chi connectivity index (χ0v) is 11.4. The number of hydrogen-bond donors (Lipinski definition) is 0. The summed E-state index contributed by atoms with van der Waals surface area (Å²) >= 11 is 11.5. The predicted octanol–water partition coefficient (Wildman–Crippen LogP) is 4.77. The molecule has 0 spiro atoms. The minimum Gasteiger partial charge on any atom is -0.251 e. The Morgan fingerprint density at radius 2 is 1.14 bits per heavy atom. The van der Waals surface area contributed by atoms with Gasteiger partial charge in [-0.2, -0.15) is 22.2 Å². The maximum Gasteiger partial charge on any atom is 0.237 e. The molecule has 0 rings (SSSR count). The largest absolute Gasteiger partial charge is 0.251 e. The standard InChI is InChI=1S/C10H21Cl2FSi/c11-14(12)10-8-6-4-2-1-3-5-7-9-13/h14H,1-10H2. The van der Waals surface area contributed by atoms with Gasteiger partial charge in [0.1, 0.15) is 0 Å². The van der Waals surface area contributed by atoms with Crippen LogP contribution in [-0.2, 0) is 0 Å². The fourth-order valence-electron chi connectivity index (χ4n) is 1.45. The lowest BCUT2D eigenvalue weighted by Crippen LogP contribution is -1.91. The summed E-state index contributed by atoms with van der Waals surface area (Å²) in [6, 6.07) is 1.05. The molecular weight excluding hydrogens is 238 g/mol. The molecule has 0 aromatic heterocycles. The van der Waals surface area contributed by atoms with Crippen molar-refractivity contribution < 1.29 is 4.39 Å². The summed E-state index contributed by atoms with van der Waals surface area (Å²) in [6.45, 7) is -0.155. The molecule has 0 radical (unpaired) electrons. The molecule has 0 aliphatic carbocycles. The highest BCUT2D eigenvalue weighted by atomic mass is 35.7. The molecule has 4 heteroatoms. The van der Waals surface area contributed by atoms with E-state index in [-0.39, 0.29) is 6.67 Å². The Hall–Kier alpha value is 0.727. The number of halogens is 3. The molecule has 0 aliphatic rings. The van der Waals surface area contributed by atoms with Crippen molar-refractivity contribution in [3.8, 4) is 0 Å². The van der Waals surface area contributed by atoms with Crippen LogP contribution in [0.4, 0.5) is 4.39 Å². The van der Waals surface area contributed by atoms with E-state index in [1.54, 1.807) is 0 Å². The molecule has 0 fully saturated rings. The number of unbranched alkanes of at least 4 members (excludes halogenated alkanes) is 7. The summed E-state index contributed by atoms with van der Waals surface area (Å²) in [6.07, 6.45) is 9.24. The molecule has 0 aliphatic heterocycles. The first-order chi connectivity index (χ1) is 6.77. The highest BCUT2D eigenvalue weighted by molar-refractivity contribution is 7.33. The second-order valence-corrected chi connectivity index (χ2v) is 8.89. The summed E-state index contributed by atoms with van der Waals surface area (Å²) in [5.41, 5.74) is 0. The second-order valence-electron chi connectivity index (χ2n) is 3.70. The smallest absolute Gasteiger partial charge is 0.237 e. The van der Waals surface area contributed by atoms with Crippen molar-refractivity contribution in [2.24, 2.45) is 0 Å². The van der Waals surface area contributed by atoms with Crippen LogP contribution in [0.1, 0.15) is 51.4 Å². The maximum absolute atomic E-state index is 11.7. The molecule has 0 saturated heterocycles. The Labute approximate surface area is 98.2 Å². The number of alkyl halides is 1. The lowest BCUT2D eigenvalue weighted by atomic mass is 10.1. The van der Waals surface area contributed by atoms with Gasteiger partial charge in [-0.15, -0.1) is 0 Å². The lowest BCUT2D eigenvalue weighted by molar-refractivity contribution is 0.449. The third-order valence-electron chi connectivity index (χ3n) is 2.31. The first-order valence-corrected chi connectivity index (χ1v) is 9.92. The molecule has 0 unspecified atom stereocenters. The summed E-state index contributed by atoms with van der Waals surface area (Å²) in [4.78, 5) is 0. The first-order valence-electron chi connectivity index (χ1n) is 5.61. The third kappa shape index (κ3) is 12.7. The van der Waals surface area contributed by atoms with Crippen LogP contribution in [-0.4, -0.2) is 14.1 Å². The number of rotatable bonds is 10. The SMILES string of the molecule is FCCCCCCCCCC[SiH](Cl)Cl. The van der Waals surface area contributed by atoms with Gasteiger partial charge in [0.15, 0.2) is 0 Å². The summed E-state index contributed by atoms with van der Waals surface area (Å²) < 4.78 is 11.7. The summed E-state index contributed by atoms with van der Waals surface area (Å²) in [7, 11) is -1.34. The van der Waals surface area contributed by atoms with Crippen molar-refractivity contribution in [2.75, 3.05) is 6.67 Å². The summed E-state index contributed by atoms with van der Waals surface area (Å²) in [5.74, 6) is 0. The molecule has 0 saturated carbocycles. The van der Waals surface area contributed by atoms with Gasteiger partial charge in [0, 0.05) is 0 Å². The Morgan fingerprint density at radius 1 is 0.714 bits per heavy atom. The van der Waals surface area contributed by atoms with E-state index < -0.39 is 7.42 Å². The van der Waals surface area contributed by atoms with Crippen molar-refractivity contribution in [3.63, 3.8) is 0 Å². The molecule has 86 valence electrons. The quantitative estimate of drug-likeness (QED) is 0.301. The average Bonchev–Trinajstić information content (AvgIpc) is 2.15. The van der Waals surface area contributed by atoms with E-state index in [2.05, 4.69) is 0 Å². The first kappa shape index (κ1) is 14.7. The van der Waals surface area contributed by atoms with Gasteiger partial charge in [-0.05, 0) is 12.5 Å². The zero-order valence-electron chi connectivity index (χ0n) is 8.78. The van der Waals surface area contributed by atoms with Crippen LogP contribution in [0.3, 0.4) is 0 Å². The van der Waals surface area contributed by atoms with E-state index in [9.17, 15) is 4.39 Å². The second kappa shape index (κ2) is 11.8. The fraction of sp³-hybridized carbons (Fsp3) is 1.00. The molecule has 0 amide bonds. The Balaban J connectivity index is 2.85. The molecule has 0 nitrogen and oxygen atoms in total. The minimum absolute atomic E-state index is 0.155. The molecule has 14 heavy (non-hydrogen) atoms. The van der Waals surface area contributed by atoms with Crippen molar-refractivity contribution >= 4 is 29.6 Å². The molecule has 0 aromatic carbocycles. The van der Waals surface area contributed by atoms with Gasteiger partial charge >= 0.3 is 0 Å².